The van der Waals surface area contributed by atoms with Crippen LogP contribution in [0.5, 0.6) is 5.75 Å². The minimum Gasteiger partial charge on any atom is -0.496 e. The summed E-state index contributed by atoms with van der Waals surface area (Å²) in [4.78, 5) is 25.8. The molecule has 5 nitrogen and oxygen atoms in total. The number of hydrogen-bond donors (Lipinski definition) is 1. The standard InChI is InChI=1S/C15H13BrN2O3S/c1-3-6-18-14(20)11(13(19)17-15(18)22)8-9-7-10(16)4-5-12(9)21-2/h3-5,7-8H,1,6H2,2H3,(H,17,19,22)/b11-8-. The zero-order valence-corrected chi connectivity index (χ0v) is 14.2. The molecule has 0 spiro atoms. The van der Waals surface area contributed by atoms with Crippen molar-refractivity contribution >= 4 is 51.2 Å². The SMILES string of the molecule is C=CCN1C(=O)/C(=C\c2cc(Br)ccc2OC)C(=O)NC1=S. The average Bonchev–Trinajstić information content (AvgIpc) is 2.48. The molecule has 22 heavy (non-hydrogen) atoms. The van der Waals surface area contributed by atoms with Crippen LogP contribution in [0.3, 0.4) is 0 Å². The average molecular weight is 381 g/mol. The Morgan fingerprint density at radius 1 is 1.45 bits per heavy atom. The molecule has 0 saturated carbocycles. The van der Waals surface area contributed by atoms with Gasteiger partial charge in [0, 0.05) is 16.6 Å². The van der Waals surface area contributed by atoms with E-state index >= 15 is 0 Å². The molecule has 7 heteroatoms. The molecule has 0 bridgehead atoms. The van der Waals surface area contributed by atoms with Gasteiger partial charge in [-0.05, 0) is 36.5 Å². The molecule has 1 aliphatic rings. The Kier molecular flexibility index (Phi) is 5.10. The van der Waals surface area contributed by atoms with E-state index in [1.807, 2.05) is 6.07 Å². The van der Waals surface area contributed by atoms with Crippen LogP contribution in [-0.4, -0.2) is 35.5 Å². The maximum atomic E-state index is 12.4. The molecule has 1 fully saturated rings. The number of ether oxygens (including phenoxy) is 1. The highest BCUT2D eigenvalue weighted by Crippen LogP contribution is 2.26. The van der Waals surface area contributed by atoms with E-state index in [0.717, 1.165) is 4.47 Å². The first-order chi connectivity index (χ1) is 10.5. The summed E-state index contributed by atoms with van der Waals surface area (Å²) >= 11 is 8.35. The van der Waals surface area contributed by atoms with Crippen molar-refractivity contribution in [3.05, 3.63) is 46.5 Å². The minimum absolute atomic E-state index is 0.00755. The summed E-state index contributed by atoms with van der Waals surface area (Å²) in [6, 6.07) is 5.31. The second-order valence-electron chi connectivity index (χ2n) is 4.41. The smallest absolute Gasteiger partial charge is 0.265 e. The molecule has 1 aromatic rings. The molecular weight excluding hydrogens is 368 g/mol. The zero-order valence-electron chi connectivity index (χ0n) is 11.8. The summed E-state index contributed by atoms with van der Waals surface area (Å²) in [5, 5.41) is 2.57. The summed E-state index contributed by atoms with van der Waals surface area (Å²) in [6.07, 6.45) is 3.03. The summed E-state index contributed by atoms with van der Waals surface area (Å²) < 4.78 is 6.05. The highest BCUT2D eigenvalue weighted by atomic mass is 79.9. The molecule has 0 radical (unpaired) electrons. The van der Waals surface area contributed by atoms with Crippen LogP contribution in [0.15, 0.2) is 40.9 Å². The Hall–Kier alpha value is -1.99. The van der Waals surface area contributed by atoms with Crippen molar-refractivity contribution in [2.24, 2.45) is 0 Å². The first kappa shape index (κ1) is 16.4. The van der Waals surface area contributed by atoms with Crippen LogP contribution in [-0.2, 0) is 9.59 Å². The molecule has 1 saturated heterocycles. The lowest BCUT2D eigenvalue weighted by Gasteiger charge is -2.27. The normalized spacial score (nSPS) is 16.7. The molecule has 2 rings (SSSR count). The largest absolute Gasteiger partial charge is 0.496 e. The van der Waals surface area contributed by atoms with Crippen LogP contribution in [0.1, 0.15) is 5.56 Å². The van der Waals surface area contributed by atoms with E-state index in [1.165, 1.54) is 18.1 Å². The molecule has 1 aliphatic heterocycles. The fourth-order valence-corrected chi connectivity index (χ4v) is 2.59. The van der Waals surface area contributed by atoms with Gasteiger partial charge in [0.1, 0.15) is 11.3 Å². The number of rotatable bonds is 4. The van der Waals surface area contributed by atoms with Gasteiger partial charge in [-0.15, -0.1) is 6.58 Å². The van der Waals surface area contributed by atoms with Crippen LogP contribution in [0.4, 0.5) is 0 Å². The van der Waals surface area contributed by atoms with E-state index < -0.39 is 11.8 Å². The number of benzene rings is 1. The lowest BCUT2D eigenvalue weighted by atomic mass is 10.1. The van der Waals surface area contributed by atoms with Gasteiger partial charge < -0.3 is 4.74 Å². The molecule has 1 aromatic carbocycles. The van der Waals surface area contributed by atoms with Crippen molar-refractivity contribution in [2.45, 2.75) is 0 Å². The predicted octanol–water partition coefficient (Wildman–Crippen LogP) is 2.27. The number of halogens is 1. The highest BCUT2D eigenvalue weighted by molar-refractivity contribution is 9.10. The van der Waals surface area contributed by atoms with Gasteiger partial charge in [-0.1, -0.05) is 22.0 Å². The van der Waals surface area contributed by atoms with Gasteiger partial charge in [0.05, 0.1) is 7.11 Å². The number of thiocarbonyl (C=S) groups is 1. The fourth-order valence-electron chi connectivity index (χ4n) is 1.96. The minimum atomic E-state index is -0.530. The lowest BCUT2D eigenvalue weighted by Crippen LogP contribution is -2.53. The van der Waals surface area contributed by atoms with Crippen LogP contribution in [0, 0.1) is 0 Å². The van der Waals surface area contributed by atoms with Crippen LogP contribution in [0.25, 0.3) is 6.08 Å². The maximum Gasteiger partial charge on any atom is 0.265 e. The van der Waals surface area contributed by atoms with Crippen molar-refractivity contribution in [3.63, 3.8) is 0 Å². The Labute approximate surface area is 141 Å². The molecular formula is C15H13BrN2O3S. The third-order valence-corrected chi connectivity index (χ3v) is 3.80. The maximum absolute atomic E-state index is 12.4. The first-order valence-corrected chi connectivity index (χ1v) is 7.51. The van der Waals surface area contributed by atoms with Gasteiger partial charge in [-0.3, -0.25) is 19.8 Å². The van der Waals surface area contributed by atoms with E-state index in [4.69, 9.17) is 17.0 Å². The number of carbonyl (C=O) groups excluding carboxylic acids is 2. The summed E-state index contributed by atoms with van der Waals surface area (Å²) in [6.45, 7) is 3.81. The van der Waals surface area contributed by atoms with Gasteiger partial charge in [-0.25, -0.2) is 0 Å². The van der Waals surface area contributed by atoms with Crippen molar-refractivity contribution < 1.29 is 14.3 Å². The third-order valence-electron chi connectivity index (χ3n) is 2.99. The first-order valence-electron chi connectivity index (χ1n) is 6.31. The Morgan fingerprint density at radius 2 is 2.18 bits per heavy atom. The highest BCUT2D eigenvalue weighted by Gasteiger charge is 2.32. The van der Waals surface area contributed by atoms with Crippen LogP contribution < -0.4 is 10.1 Å². The second-order valence-corrected chi connectivity index (χ2v) is 5.71. The summed E-state index contributed by atoms with van der Waals surface area (Å²) in [5.74, 6) is -0.437. The molecule has 114 valence electrons. The number of hydrogen-bond acceptors (Lipinski definition) is 4. The molecule has 1 heterocycles. The number of carbonyl (C=O) groups is 2. The van der Waals surface area contributed by atoms with Crippen molar-refractivity contribution in [1.82, 2.24) is 10.2 Å². The number of nitrogens with one attached hydrogen (secondary N) is 1. The summed E-state index contributed by atoms with van der Waals surface area (Å²) in [7, 11) is 1.52. The van der Waals surface area contributed by atoms with Gasteiger partial charge in [0.2, 0.25) is 0 Å². The number of methoxy groups -OCH3 is 1. The molecule has 1 N–H and O–H groups in total. The molecule has 0 unspecified atom stereocenters. The van der Waals surface area contributed by atoms with E-state index in [9.17, 15) is 9.59 Å². The van der Waals surface area contributed by atoms with E-state index in [-0.39, 0.29) is 17.2 Å². The van der Waals surface area contributed by atoms with E-state index in [0.29, 0.717) is 11.3 Å². The van der Waals surface area contributed by atoms with Gasteiger partial charge >= 0.3 is 0 Å². The number of amides is 2. The van der Waals surface area contributed by atoms with E-state index in [1.54, 1.807) is 18.2 Å². The van der Waals surface area contributed by atoms with Gasteiger partial charge in [-0.2, -0.15) is 0 Å². The van der Waals surface area contributed by atoms with Crippen molar-refractivity contribution in [2.75, 3.05) is 13.7 Å². The van der Waals surface area contributed by atoms with E-state index in [2.05, 4.69) is 27.8 Å². The topological polar surface area (TPSA) is 58.6 Å². The fraction of sp³-hybridized carbons (Fsp3) is 0.133. The molecule has 0 aliphatic carbocycles. The quantitative estimate of drug-likeness (QED) is 0.376. The monoisotopic (exact) mass is 380 g/mol. The van der Waals surface area contributed by atoms with Gasteiger partial charge in [0.25, 0.3) is 11.8 Å². The Balaban J connectivity index is 2.47. The lowest BCUT2D eigenvalue weighted by molar-refractivity contribution is -0.128. The number of nitrogens with zero attached hydrogens (tertiary/aromatic N) is 1. The molecule has 0 aromatic heterocycles. The van der Waals surface area contributed by atoms with Crippen molar-refractivity contribution in [3.8, 4) is 5.75 Å². The zero-order chi connectivity index (χ0) is 16.3. The second kappa shape index (κ2) is 6.85. The summed E-state index contributed by atoms with van der Waals surface area (Å²) in [5.41, 5.74) is 0.605. The van der Waals surface area contributed by atoms with Crippen LogP contribution in [0.2, 0.25) is 0 Å². The Morgan fingerprint density at radius 3 is 2.82 bits per heavy atom. The van der Waals surface area contributed by atoms with Crippen molar-refractivity contribution in [1.29, 1.82) is 0 Å². The predicted molar refractivity (Wildman–Crippen MR) is 91.3 cm³/mol. The van der Waals surface area contributed by atoms with Gasteiger partial charge in [0.15, 0.2) is 5.11 Å². The molecule has 0 atom stereocenters. The Bertz CT molecular complexity index is 700. The van der Waals surface area contributed by atoms with Crippen LogP contribution >= 0.6 is 28.1 Å². The molecule has 2 amide bonds. The third kappa shape index (κ3) is 3.26.